The van der Waals surface area contributed by atoms with Crippen molar-refractivity contribution in [3.8, 4) is 17.2 Å². The predicted octanol–water partition coefficient (Wildman–Crippen LogP) is 3.32. The van der Waals surface area contributed by atoms with Gasteiger partial charge in [0.2, 0.25) is 5.89 Å². The number of para-hydroxylation sites is 2. The van der Waals surface area contributed by atoms with Crippen molar-refractivity contribution in [1.82, 2.24) is 9.88 Å². The van der Waals surface area contributed by atoms with Gasteiger partial charge in [-0.25, -0.2) is 4.98 Å². The van der Waals surface area contributed by atoms with Crippen molar-refractivity contribution in [2.75, 3.05) is 31.1 Å². The third-order valence-corrected chi connectivity index (χ3v) is 4.81. The highest BCUT2D eigenvalue weighted by molar-refractivity contribution is 5.94. The first-order chi connectivity index (χ1) is 13.1. The number of phenols is 1. The molecular formula is C21H21N3O3. The van der Waals surface area contributed by atoms with Crippen LogP contribution in [0.4, 0.5) is 5.69 Å². The number of piperazine rings is 1. The molecule has 27 heavy (non-hydrogen) atoms. The number of hydrogen-bond donors (Lipinski definition) is 1. The highest BCUT2D eigenvalue weighted by atomic mass is 16.4. The molecule has 1 aliphatic rings. The Kier molecular flexibility index (Phi) is 4.54. The summed E-state index contributed by atoms with van der Waals surface area (Å²) in [4.78, 5) is 21.2. The molecule has 1 N–H and O–H groups in total. The molecule has 0 aliphatic carbocycles. The van der Waals surface area contributed by atoms with Crippen LogP contribution >= 0.6 is 0 Å². The van der Waals surface area contributed by atoms with Crippen LogP contribution in [0.25, 0.3) is 11.5 Å². The molecule has 0 atom stereocenters. The maximum Gasteiger partial charge on any atom is 0.276 e. The Morgan fingerprint density at radius 1 is 1.00 bits per heavy atom. The SMILES string of the molecule is Cc1oc(-c2ccccc2)nc1C(=O)N1CCN(c2ccccc2O)CC1. The summed E-state index contributed by atoms with van der Waals surface area (Å²) in [5.74, 6) is 1.14. The molecule has 3 aromatic rings. The summed E-state index contributed by atoms with van der Waals surface area (Å²) in [5.41, 5.74) is 2.02. The van der Waals surface area contributed by atoms with Crippen LogP contribution in [0.3, 0.4) is 0 Å². The second-order valence-electron chi connectivity index (χ2n) is 6.56. The van der Waals surface area contributed by atoms with Gasteiger partial charge in [0, 0.05) is 31.7 Å². The van der Waals surface area contributed by atoms with Crippen molar-refractivity contribution >= 4 is 11.6 Å². The van der Waals surface area contributed by atoms with E-state index in [9.17, 15) is 9.90 Å². The summed E-state index contributed by atoms with van der Waals surface area (Å²) in [6.45, 7) is 4.22. The number of benzene rings is 2. The zero-order valence-electron chi connectivity index (χ0n) is 15.1. The minimum atomic E-state index is -0.115. The first-order valence-corrected chi connectivity index (χ1v) is 8.98. The average Bonchev–Trinajstić information content (AvgIpc) is 3.10. The molecule has 1 amide bonds. The Balaban J connectivity index is 1.47. The van der Waals surface area contributed by atoms with Crippen LogP contribution in [0.15, 0.2) is 59.0 Å². The van der Waals surface area contributed by atoms with Crippen LogP contribution in [0, 0.1) is 6.92 Å². The van der Waals surface area contributed by atoms with Gasteiger partial charge in [-0.3, -0.25) is 4.79 Å². The van der Waals surface area contributed by atoms with E-state index in [1.54, 1.807) is 24.0 Å². The van der Waals surface area contributed by atoms with Crippen molar-refractivity contribution in [2.24, 2.45) is 0 Å². The number of anilines is 1. The molecule has 0 bridgehead atoms. The highest BCUT2D eigenvalue weighted by Crippen LogP contribution is 2.28. The van der Waals surface area contributed by atoms with Gasteiger partial charge in [-0.15, -0.1) is 0 Å². The van der Waals surface area contributed by atoms with Gasteiger partial charge in [-0.05, 0) is 31.2 Å². The maximum absolute atomic E-state index is 12.9. The lowest BCUT2D eigenvalue weighted by molar-refractivity contribution is 0.0739. The van der Waals surface area contributed by atoms with Crippen molar-refractivity contribution in [3.05, 3.63) is 66.1 Å². The fraction of sp³-hybridized carbons (Fsp3) is 0.238. The molecule has 1 fully saturated rings. The minimum Gasteiger partial charge on any atom is -0.506 e. The maximum atomic E-state index is 12.9. The van der Waals surface area contributed by atoms with E-state index >= 15 is 0 Å². The van der Waals surface area contributed by atoms with Crippen LogP contribution in [0.2, 0.25) is 0 Å². The molecular weight excluding hydrogens is 342 g/mol. The van der Waals surface area contributed by atoms with Crippen LogP contribution < -0.4 is 4.90 Å². The lowest BCUT2D eigenvalue weighted by Gasteiger charge is -2.36. The number of carbonyl (C=O) groups is 1. The number of carbonyl (C=O) groups excluding carboxylic acids is 1. The third kappa shape index (κ3) is 3.38. The molecule has 1 aliphatic heterocycles. The largest absolute Gasteiger partial charge is 0.506 e. The topological polar surface area (TPSA) is 69.8 Å². The third-order valence-electron chi connectivity index (χ3n) is 4.81. The van der Waals surface area contributed by atoms with Crippen molar-refractivity contribution in [1.29, 1.82) is 0 Å². The number of rotatable bonds is 3. The number of oxazole rings is 1. The fourth-order valence-corrected chi connectivity index (χ4v) is 3.33. The van der Waals surface area contributed by atoms with E-state index in [0.29, 0.717) is 43.5 Å². The number of phenolic OH excluding ortho intramolecular Hbond substituents is 1. The van der Waals surface area contributed by atoms with Gasteiger partial charge in [0.25, 0.3) is 5.91 Å². The number of hydrogen-bond acceptors (Lipinski definition) is 5. The second kappa shape index (κ2) is 7.15. The molecule has 0 spiro atoms. The molecule has 1 saturated heterocycles. The Morgan fingerprint density at radius 2 is 1.67 bits per heavy atom. The summed E-state index contributed by atoms with van der Waals surface area (Å²) < 4.78 is 5.72. The number of aromatic nitrogens is 1. The van der Waals surface area contributed by atoms with Crippen LogP contribution in [-0.4, -0.2) is 47.1 Å². The van der Waals surface area contributed by atoms with Crippen LogP contribution in [0.5, 0.6) is 5.75 Å². The summed E-state index contributed by atoms with van der Waals surface area (Å²) in [6, 6.07) is 16.8. The molecule has 4 rings (SSSR count). The minimum absolute atomic E-state index is 0.115. The molecule has 1 aromatic heterocycles. The summed E-state index contributed by atoms with van der Waals surface area (Å²) in [7, 11) is 0. The van der Waals surface area contributed by atoms with Crippen LogP contribution in [0.1, 0.15) is 16.2 Å². The standard InChI is InChI=1S/C21H21N3O3/c1-15-19(22-20(27-15)16-7-3-2-4-8-16)21(26)24-13-11-23(12-14-24)17-9-5-6-10-18(17)25/h2-10,25H,11-14H2,1H3. The second-order valence-corrected chi connectivity index (χ2v) is 6.56. The molecule has 6 heteroatoms. The van der Waals surface area contributed by atoms with Gasteiger partial charge in [0.05, 0.1) is 5.69 Å². The number of nitrogens with zero attached hydrogens (tertiary/aromatic N) is 3. The molecule has 0 unspecified atom stereocenters. The van der Waals surface area contributed by atoms with Crippen molar-refractivity contribution < 1.29 is 14.3 Å². The van der Waals surface area contributed by atoms with Crippen molar-refractivity contribution in [2.45, 2.75) is 6.92 Å². The van der Waals surface area contributed by atoms with E-state index < -0.39 is 0 Å². The van der Waals surface area contributed by atoms with E-state index in [4.69, 9.17) is 4.42 Å². The smallest absolute Gasteiger partial charge is 0.276 e. The van der Waals surface area contributed by atoms with Gasteiger partial charge in [-0.2, -0.15) is 0 Å². The fourth-order valence-electron chi connectivity index (χ4n) is 3.33. The molecule has 0 radical (unpaired) electrons. The van der Waals surface area contributed by atoms with E-state index in [1.165, 1.54) is 0 Å². The van der Waals surface area contributed by atoms with Crippen molar-refractivity contribution in [3.63, 3.8) is 0 Å². The molecule has 138 valence electrons. The monoisotopic (exact) mass is 363 g/mol. The van der Waals surface area contributed by atoms with E-state index in [1.807, 2.05) is 42.5 Å². The number of aryl methyl sites for hydroxylation is 1. The Labute approximate surface area is 157 Å². The number of aromatic hydroxyl groups is 1. The van der Waals surface area contributed by atoms with Gasteiger partial charge in [-0.1, -0.05) is 30.3 Å². The van der Waals surface area contributed by atoms with Gasteiger partial charge in [0.15, 0.2) is 5.69 Å². The molecule has 0 saturated carbocycles. The Hall–Kier alpha value is -3.28. The average molecular weight is 363 g/mol. The molecule has 2 heterocycles. The predicted molar refractivity (Wildman–Crippen MR) is 103 cm³/mol. The number of amides is 1. The van der Waals surface area contributed by atoms with Gasteiger partial charge in [0.1, 0.15) is 11.5 Å². The quantitative estimate of drug-likeness (QED) is 0.773. The Bertz CT molecular complexity index is 944. The summed E-state index contributed by atoms with van der Waals surface area (Å²) in [5, 5.41) is 10.0. The molecule has 6 nitrogen and oxygen atoms in total. The normalized spacial score (nSPS) is 14.4. The lowest BCUT2D eigenvalue weighted by Crippen LogP contribution is -2.49. The van der Waals surface area contributed by atoms with E-state index in [2.05, 4.69) is 9.88 Å². The zero-order valence-corrected chi connectivity index (χ0v) is 15.1. The Morgan fingerprint density at radius 3 is 2.37 bits per heavy atom. The van der Waals surface area contributed by atoms with Crippen LogP contribution in [-0.2, 0) is 0 Å². The zero-order chi connectivity index (χ0) is 18.8. The van der Waals surface area contributed by atoms with E-state index in [-0.39, 0.29) is 11.7 Å². The first kappa shape index (κ1) is 17.1. The van der Waals surface area contributed by atoms with E-state index in [0.717, 1.165) is 11.3 Å². The highest BCUT2D eigenvalue weighted by Gasteiger charge is 2.27. The summed E-state index contributed by atoms with van der Waals surface area (Å²) >= 11 is 0. The van der Waals surface area contributed by atoms with Gasteiger partial charge >= 0.3 is 0 Å². The molecule has 2 aromatic carbocycles. The van der Waals surface area contributed by atoms with Gasteiger partial charge < -0.3 is 19.3 Å². The lowest BCUT2D eigenvalue weighted by atomic mass is 10.2. The first-order valence-electron chi connectivity index (χ1n) is 8.98. The summed E-state index contributed by atoms with van der Waals surface area (Å²) in [6.07, 6.45) is 0.